The normalized spacial score (nSPS) is 44.8. The summed E-state index contributed by atoms with van der Waals surface area (Å²) in [7, 11) is 0. The molecular weight excluding hydrogens is 699 g/mol. The third-order valence-electron chi connectivity index (χ3n) is 19.6. The van der Waals surface area contributed by atoms with Crippen molar-refractivity contribution in [3.05, 3.63) is 29.9 Å². The van der Waals surface area contributed by atoms with Gasteiger partial charge in [0.15, 0.2) is 0 Å². The number of carbonyl (C=O) groups is 3. The summed E-state index contributed by atoms with van der Waals surface area (Å²) in [6.07, 6.45) is 14.9. The van der Waals surface area contributed by atoms with E-state index >= 15 is 4.79 Å². The molecule has 0 spiro atoms. The van der Waals surface area contributed by atoms with Gasteiger partial charge in [-0.15, -0.1) is 0 Å². The van der Waals surface area contributed by atoms with Crippen LogP contribution in [-0.4, -0.2) is 50.5 Å². The second-order valence-corrected chi connectivity index (χ2v) is 22.6. The van der Waals surface area contributed by atoms with Crippen molar-refractivity contribution in [2.24, 2.45) is 73.9 Å². The van der Waals surface area contributed by atoms with Crippen molar-refractivity contribution < 1.29 is 24.2 Å². The van der Waals surface area contributed by atoms with Gasteiger partial charge in [-0.2, -0.15) is 0 Å². The first-order chi connectivity index (χ1) is 26.1. The smallest absolute Gasteiger partial charge is 0.309 e. The maximum Gasteiger partial charge on any atom is 0.309 e. The number of aromatic nitrogens is 2. The van der Waals surface area contributed by atoms with Crippen LogP contribution in [0.15, 0.2) is 18.3 Å². The predicted octanol–water partition coefficient (Wildman–Crippen LogP) is 10.5. The molecule has 1 aromatic heterocycles. The largest absolute Gasteiger partial charge is 0.481 e. The summed E-state index contributed by atoms with van der Waals surface area (Å²) in [5.74, 6) is 2.03. The molecule has 8 rings (SSSR count). The Morgan fingerprint density at radius 1 is 0.875 bits per heavy atom. The standard InChI is InChI=1S/C48H73N3O5/c1-27(2)29-16-21-48(42(55)51-24-12-13-34(51)39-49-26-33(50-39)28(3)4)23-22-46(10)30(38(29)48)14-15-36-45(9)19-18-37(44(7,8)35(45)17-20-47(36,46)11)56-41(54)32-25-31(40(52)53)43(32,5)6/h26,28-32,34-38H,1,12-25H2,2-11H3,(H,49,50)(H,52,53)/t29-,30+,31-,32+,34-,35?,36?,37-,38?,45-,46+,47+,48-/m0/s1. The first kappa shape index (κ1) is 40.2. The average Bonchev–Trinajstić information content (AvgIpc) is 3.88. The van der Waals surface area contributed by atoms with Crippen molar-refractivity contribution in [3.63, 3.8) is 0 Å². The number of carboxylic acids is 1. The van der Waals surface area contributed by atoms with E-state index in [2.05, 4.69) is 71.9 Å². The maximum atomic E-state index is 15.4. The third-order valence-corrected chi connectivity index (χ3v) is 19.6. The van der Waals surface area contributed by atoms with Gasteiger partial charge in [0.2, 0.25) is 5.91 Å². The lowest BCUT2D eigenvalue weighted by atomic mass is 9.32. The van der Waals surface area contributed by atoms with Gasteiger partial charge in [-0.25, -0.2) is 4.98 Å². The van der Waals surface area contributed by atoms with Crippen LogP contribution in [-0.2, 0) is 19.1 Å². The number of nitrogens with one attached hydrogen (secondary N) is 1. The second-order valence-electron chi connectivity index (χ2n) is 22.6. The highest BCUT2D eigenvalue weighted by atomic mass is 16.5. The number of ether oxygens (including phenoxy) is 1. The van der Waals surface area contributed by atoms with Crippen molar-refractivity contribution in [2.45, 2.75) is 171 Å². The SMILES string of the molecule is C=C(C)[C@@H]1CC[C@]2(C(=O)N3CCC[C@H]3c3nc(C(C)C)c[nH]3)CC[C@]3(C)[C@H](CCC4[C@@]5(C)CC[C@H](OC(=O)[C@H]6C[C@@H](C(=O)O)C6(C)C)C(C)(C)C5CC[C@]43C)C12. The highest BCUT2D eigenvalue weighted by Crippen LogP contribution is 2.78. The van der Waals surface area contributed by atoms with Crippen LogP contribution in [0.1, 0.15) is 176 Å². The van der Waals surface area contributed by atoms with Gasteiger partial charge in [0.25, 0.3) is 0 Å². The number of hydrogen-bond donors (Lipinski definition) is 2. The highest BCUT2D eigenvalue weighted by Gasteiger charge is 2.72. The molecule has 1 saturated heterocycles. The Bertz CT molecular complexity index is 1780. The fourth-order valence-electron chi connectivity index (χ4n) is 16.1. The van der Waals surface area contributed by atoms with Gasteiger partial charge < -0.3 is 19.7 Å². The number of carbonyl (C=O) groups excluding carboxylic acids is 2. The molecule has 7 fully saturated rings. The molecule has 2 heterocycles. The van der Waals surface area contributed by atoms with E-state index in [0.29, 0.717) is 47.8 Å². The number of nitrogens with zero attached hydrogens (tertiary/aromatic N) is 2. The van der Waals surface area contributed by atoms with Gasteiger partial charge in [-0.05, 0) is 148 Å². The molecule has 8 heteroatoms. The summed E-state index contributed by atoms with van der Waals surface area (Å²) in [5, 5.41) is 9.69. The molecule has 3 unspecified atom stereocenters. The molecule has 6 saturated carbocycles. The van der Waals surface area contributed by atoms with Gasteiger partial charge >= 0.3 is 11.9 Å². The number of H-pyrrole nitrogens is 1. The predicted molar refractivity (Wildman–Crippen MR) is 218 cm³/mol. The molecule has 0 radical (unpaired) electrons. The van der Waals surface area contributed by atoms with E-state index in [1.807, 2.05) is 20.0 Å². The number of imidazole rings is 1. The van der Waals surface area contributed by atoms with Crippen LogP contribution in [0, 0.1) is 73.9 Å². The summed E-state index contributed by atoms with van der Waals surface area (Å²) >= 11 is 0. The average molecular weight is 772 g/mol. The van der Waals surface area contributed by atoms with Crippen LogP contribution in [0.4, 0.5) is 0 Å². The molecule has 8 nitrogen and oxygen atoms in total. The summed E-state index contributed by atoms with van der Waals surface area (Å²) < 4.78 is 6.46. The Hall–Kier alpha value is -2.64. The van der Waals surface area contributed by atoms with Crippen LogP contribution in [0.25, 0.3) is 0 Å². The zero-order valence-corrected chi connectivity index (χ0v) is 36.4. The molecule has 0 aromatic carbocycles. The van der Waals surface area contributed by atoms with E-state index in [1.54, 1.807) is 0 Å². The molecule has 2 N–H and O–H groups in total. The third kappa shape index (κ3) is 5.40. The minimum Gasteiger partial charge on any atom is -0.481 e. The molecule has 7 aliphatic rings. The van der Waals surface area contributed by atoms with E-state index in [0.717, 1.165) is 75.9 Å². The van der Waals surface area contributed by atoms with Gasteiger partial charge in [0.1, 0.15) is 11.9 Å². The fraction of sp³-hybridized carbons (Fsp3) is 0.833. The Morgan fingerprint density at radius 2 is 1.61 bits per heavy atom. The summed E-state index contributed by atoms with van der Waals surface area (Å²) in [5.41, 5.74) is 1.64. The Morgan fingerprint density at radius 3 is 2.25 bits per heavy atom. The van der Waals surface area contributed by atoms with Gasteiger partial charge in [-0.3, -0.25) is 14.4 Å². The number of amides is 1. The molecule has 1 aromatic rings. The maximum absolute atomic E-state index is 15.4. The number of aromatic amines is 1. The topological polar surface area (TPSA) is 113 Å². The molecule has 1 aliphatic heterocycles. The number of esters is 1. The summed E-state index contributed by atoms with van der Waals surface area (Å²) in [6, 6.07) is 0.0327. The number of likely N-dealkylation sites (tertiary alicyclic amines) is 1. The molecule has 1 amide bonds. The Kier molecular flexibility index (Phi) is 9.45. The lowest BCUT2D eigenvalue weighted by Crippen LogP contribution is -2.67. The quantitative estimate of drug-likeness (QED) is 0.211. The molecular formula is C48H73N3O5. The van der Waals surface area contributed by atoms with Crippen LogP contribution >= 0.6 is 0 Å². The van der Waals surface area contributed by atoms with Crippen molar-refractivity contribution in [1.82, 2.24) is 14.9 Å². The van der Waals surface area contributed by atoms with E-state index in [9.17, 15) is 14.7 Å². The molecule has 310 valence electrons. The zero-order valence-electron chi connectivity index (χ0n) is 36.4. The number of rotatable bonds is 7. The Labute approximate surface area is 337 Å². The first-order valence-corrected chi connectivity index (χ1v) is 22.6. The number of allylic oxidation sites excluding steroid dienone is 1. The lowest BCUT2D eigenvalue weighted by Gasteiger charge is -2.73. The van der Waals surface area contributed by atoms with Gasteiger partial charge in [-0.1, -0.05) is 74.5 Å². The van der Waals surface area contributed by atoms with Gasteiger partial charge in [0, 0.05) is 18.2 Å². The van der Waals surface area contributed by atoms with Crippen LogP contribution in [0.5, 0.6) is 0 Å². The van der Waals surface area contributed by atoms with Crippen molar-refractivity contribution in [2.75, 3.05) is 6.54 Å². The second kappa shape index (κ2) is 13.2. The van der Waals surface area contributed by atoms with Crippen molar-refractivity contribution in [3.8, 4) is 0 Å². The number of aliphatic carboxylic acids is 1. The zero-order chi connectivity index (χ0) is 40.5. The number of carboxylic acid groups (broad SMARTS) is 1. The van der Waals surface area contributed by atoms with Crippen molar-refractivity contribution in [1.29, 1.82) is 0 Å². The highest BCUT2D eigenvalue weighted by molar-refractivity contribution is 5.85. The van der Waals surface area contributed by atoms with Crippen LogP contribution in [0.3, 0.4) is 0 Å². The molecule has 6 aliphatic carbocycles. The minimum absolute atomic E-state index is 0.0327. The Balaban J connectivity index is 1.05. The van der Waals surface area contributed by atoms with E-state index in [1.165, 1.54) is 24.8 Å². The molecule has 56 heavy (non-hydrogen) atoms. The molecule has 0 bridgehead atoms. The van der Waals surface area contributed by atoms with E-state index in [4.69, 9.17) is 9.72 Å². The number of fused-ring (bicyclic) bond motifs is 7. The van der Waals surface area contributed by atoms with E-state index < -0.39 is 17.3 Å². The lowest BCUT2D eigenvalue weighted by molar-refractivity contribution is -0.251. The fourth-order valence-corrected chi connectivity index (χ4v) is 16.1. The summed E-state index contributed by atoms with van der Waals surface area (Å²) in [4.78, 5) is 51.6. The van der Waals surface area contributed by atoms with Crippen LogP contribution < -0.4 is 0 Å². The minimum atomic E-state index is -0.815. The first-order valence-electron chi connectivity index (χ1n) is 22.6. The number of hydrogen-bond acceptors (Lipinski definition) is 5. The van der Waals surface area contributed by atoms with Crippen LogP contribution in [0.2, 0.25) is 0 Å². The summed E-state index contributed by atoms with van der Waals surface area (Å²) in [6.45, 7) is 28.4. The molecule has 13 atom stereocenters. The van der Waals surface area contributed by atoms with Gasteiger partial charge in [0.05, 0.1) is 29.0 Å². The van der Waals surface area contributed by atoms with Crippen molar-refractivity contribution >= 4 is 17.8 Å². The monoisotopic (exact) mass is 772 g/mol. The van der Waals surface area contributed by atoms with E-state index in [-0.39, 0.29) is 51.1 Å².